The van der Waals surface area contributed by atoms with E-state index < -0.39 is 0 Å². The smallest absolute Gasteiger partial charge is 0.243 e. The van der Waals surface area contributed by atoms with Gasteiger partial charge in [-0.3, -0.25) is 10.1 Å². The second kappa shape index (κ2) is 7.77. The van der Waals surface area contributed by atoms with E-state index in [0.29, 0.717) is 6.54 Å². The second-order valence-corrected chi connectivity index (χ2v) is 4.35. The van der Waals surface area contributed by atoms with E-state index in [1.54, 1.807) is 4.90 Å². The average Bonchev–Trinajstić information content (AvgIpc) is 2.93. The van der Waals surface area contributed by atoms with Gasteiger partial charge >= 0.3 is 0 Å². The van der Waals surface area contributed by atoms with E-state index in [1.807, 2.05) is 61.7 Å². The molecule has 0 saturated carbocycles. The van der Waals surface area contributed by atoms with E-state index >= 15 is 0 Å². The Morgan fingerprint density at radius 1 is 1.42 bits per heavy atom. The molecule has 1 atom stereocenters. The molecular formula is C15H19ClN2O. The molecule has 19 heavy (non-hydrogen) atoms. The van der Waals surface area contributed by atoms with E-state index in [9.17, 15) is 4.79 Å². The largest absolute Gasteiger partial charge is 0.340 e. The number of halogens is 1. The van der Waals surface area contributed by atoms with Crippen molar-refractivity contribution in [2.75, 3.05) is 20.1 Å². The highest BCUT2D eigenvalue weighted by Gasteiger charge is 2.20. The van der Waals surface area contributed by atoms with Crippen LogP contribution in [-0.4, -0.2) is 37.0 Å². The van der Waals surface area contributed by atoms with Gasteiger partial charge in [-0.15, -0.1) is 12.4 Å². The van der Waals surface area contributed by atoms with Gasteiger partial charge in [0, 0.05) is 20.1 Å². The minimum Gasteiger partial charge on any atom is -0.340 e. The zero-order chi connectivity index (χ0) is 12.8. The lowest BCUT2D eigenvalue weighted by molar-refractivity contribution is -0.130. The fourth-order valence-corrected chi connectivity index (χ4v) is 1.88. The fraction of sp³-hybridized carbons (Fsp3) is 0.267. The molecule has 0 bridgehead atoms. The molecule has 1 aliphatic heterocycles. The zero-order valence-corrected chi connectivity index (χ0v) is 11.8. The van der Waals surface area contributed by atoms with E-state index in [-0.39, 0.29) is 24.4 Å². The number of rotatable bonds is 4. The quantitative estimate of drug-likeness (QED) is 0.856. The van der Waals surface area contributed by atoms with Gasteiger partial charge < -0.3 is 4.90 Å². The van der Waals surface area contributed by atoms with E-state index in [1.165, 1.54) is 0 Å². The molecule has 0 saturated heterocycles. The minimum atomic E-state index is -0.153. The van der Waals surface area contributed by atoms with Gasteiger partial charge in [0.25, 0.3) is 0 Å². The summed E-state index contributed by atoms with van der Waals surface area (Å²) in [5, 5.41) is 3.12. The summed E-state index contributed by atoms with van der Waals surface area (Å²) >= 11 is 0. The number of hydrogen-bond donors (Lipinski definition) is 1. The average molecular weight is 279 g/mol. The molecule has 102 valence electrons. The van der Waals surface area contributed by atoms with Crippen LogP contribution >= 0.6 is 12.4 Å². The second-order valence-electron chi connectivity index (χ2n) is 4.35. The van der Waals surface area contributed by atoms with Gasteiger partial charge in [-0.2, -0.15) is 0 Å². The summed E-state index contributed by atoms with van der Waals surface area (Å²) in [6.45, 7) is 1.41. The van der Waals surface area contributed by atoms with Crippen LogP contribution in [0.1, 0.15) is 5.56 Å². The molecule has 1 aliphatic rings. The van der Waals surface area contributed by atoms with Gasteiger partial charge in [0.1, 0.15) is 6.04 Å². The number of carbonyl (C=O) groups excluding carboxylic acids is 1. The highest BCUT2D eigenvalue weighted by Crippen LogP contribution is 2.03. The molecule has 1 amide bonds. The van der Waals surface area contributed by atoms with Crippen LogP contribution in [0.4, 0.5) is 0 Å². The first-order valence-electron chi connectivity index (χ1n) is 6.14. The van der Waals surface area contributed by atoms with Gasteiger partial charge in [-0.05, 0) is 5.56 Å². The molecule has 0 aromatic heterocycles. The number of hydrogen-bond acceptors (Lipinski definition) is 2. The van der Waals surface area contributed by atoms with Crippen LogP contribution in [0.2, 0.25) is 0 Å². The van der Waals surface area contributed by atoms with E-state index in [0.717, 1.165) is 12.1 Å². The molecule has 3 nitrogen and oxygen atoms in total. The van der Waals surface area contributed by atoms with Crippen LogP contribution in [0.15, 0.2) is 48.6 Å². The molecule has 1 unspecified atom stereocenters. The topological polar surface area (TPSA) is 32.3 Å². The third kappa shape index (κ3) is 4.54. The van der Waals surface area contributed by atoms with Crippen molar-refractivity contribution in [1.82, 2.24) is 10.2 Å². The molecular weight excluding hydrogens is 260 g/mol. The third-order valence-corrected chi connectivity index (χ3v) is 2.92. The molecule has 2 rings (SSSR count). The Labute approximate surface area is 120 Å². The van der Waals surface area contributed by atoms with Crippen LogP contribution in [0.5, 0.6) is 0 Å². The lowest BCUT2D eigenvalue weighted by Gasteiger charge is -2.18. The Morgan fingerprint density at radius 3 is 2.79 bits per heavy atom. The minimum absolute atomic E-state index is 0. The highest BCUT2D eigenvalue weighted by atomic mass is 35.5. The highest BCUT2D eigenvalue weighted by molar-refractivity contribution is 5.85. The van der Waals surface area contributed by atoms with Gasteiger partial charge in [0.05, 0.1) is 0 Å². The van der Waals surface area contributed by atoms with Gasteiger partial charge in [-0.25, -0.2) is 0 Å². The zero-order valence-electron chi connectivity index (χ0n) is 11.0. The molecule has 0 fully saturated rings. The monoisotopic (exact) mass is 278 g/mol. The maximum atomic E-state index is 12.0. The van der Waals surface area contributed by atoms with Crippen LogP contribution < -0.4 is 5.32 Å². The van der Waals surface area contributed by atoms with E-state index in [2.05, 4.69) is 5.32 Å². The molecule has 1 heterocycles. The van der Waals surface area contributed by atoms with Crippen molar-refractivity contribution in [3.8, 4) is 0 Å². The molecule has 1 N–H and O–H groups in total. The van der Waals surface area contributed by atoms with Crippen molar-refractivity contribution in [3.63, 3.8) is 0 Å². The molecule has 0 aliphatic carbocycles. The van der Waals surface area contributed by atoms with Crippen molar-refractivity contribution in [2.45, 2.75) is 6.04 Å². The first-order chi connectivity index (χ1) is 8.77. The summed E-state index contributed by atoms with van der Waals surface area (Å²) in [6.07, 6.45) is 7.93. The molecule has 1 aromatic carbocycles. The number of nitrogens with one attached hydrogen (secondary N) is 1. The number of carbonyl (C=O) groups is 1. The maximum Gasteiger partial charge on any atom is 0.243 e. The summed E-state index contributed by atoms with van der Waals surface area (Å²) in [5.74, 6) is 0.112. The standard InChI is InChI=1S/C15H18N2O.ClH/c1-17(15(18)14-10-5-11-16-14)12-6-9-13-7-3-2-4-8-13;/h2-10,14,16H,11-12H2,1H3;1H. The number of amides is 1. The maximum absolute atomic E-state index is 12.0. The first-order valence-corrected chi connectivity index (χ1v) is 6.14. The van der Waals surface area contributed by atoms with Crippen molar-refractivity contribution in [3.05, 3.63) is 54.1 Å². The molecule has 0 radical (unpaired) electrons. The van der Waals surface area contributed by atoms with Crippen molar-refractivity contribution >= 4 is 24.4 Å². The Hall–Kier alpha value is -1.58. The SMILES string of the molecule is CN(CC=Cc1ccccc1)C(=O)C1C=CCN1.Cl. The summed E-state index contributed by atoms with van der Waals surface area (Å²) in [7, 11) is 1.82. The Kier molecular flexibility index (Phi) is 6.33. The predicted octanol–water partition coefficient (Wildman–Crippen LogP) is 2.11. The Bertz CT molecular complexity index is 456. The predicted molar refractivity (Wildman–Crippen MR) is 81.3 cm³/mol. The summed E-state index contributed by atoms with van der Waals surface area (Å²) in [6, 6.07) is 9.92. The first kappa shape index (κ1) is 15.5. The van der Waals surface area contributed by atoms with Crippen LogP contribution in [0, 0.1) is 0 Å². The van der Waals surface area contributed by atoms with Crippen molar-refractivity contribution in [2.24, 2.45) is 0 Å². The summed E-state index contributed by atoms with van der Waals surface area (Å²) in [5.41, 5.74) is 1.15. The number of likely N-dealkylation sites (N-methyl/N-ethyl adjacent to an activating group) is 1. The van der Waals surface area contributed by atoms with Crippen LogP contribution in [0.3, 0.4) is 0 Å². The van der Waals surface area contributed by atoms with Crippen molar-refractivity contribution < 1.29 is 4.79 Å². The van der Waals surface area contributed by atoms with Crippen molar-refractivity contribution in [1.29, 1.82) is 0 Å². The Balaban J connectivity index is 0.00000180. The lowest BCUT2D eigenvalue weighted by atomic mass is 10.2. The van der Waals surface area contributed by atoms with Gasteiger partial charge in [-0.1, -0.05) is 54.6 Å². The fourth-order valence-electron chi connectivity index (χ4n) is 1.88. The Morgan fingerprint density at radius 2 is 2.16 bits per heavy atom. The van der Waals surface area contributed by atoms with Gasteiger partial charge in [0.15, 0.2) is 0 Å². The number of benzene rings is 1. The summed E-state index contributed by atoms with van der Waals surface area (Å²) < 4.78 is 0. The van der Waals surface area contributed by atoms with E-state index in [4.69, 9.17) is 0 Å². The summed E-state index contributed by atoms with van der Waals surface area (Å²) in [4.78, 5) is 13.7. The molecule has 0 spiro atoms. The molecule has 1 aromatic rings. The van der Waals surface area contributed by atoms with Crippen LogP contribution in [0.25, 0.3) is 6.08 Å². The third-order valence-electron chi connectivity index (χ3n) is 2.92. The molecule has 4 heteroatoms. The van der Waals surface area contributed by atoms with Gasteiger partial charge in [0.2, 0.25) is 5.91 Å². The van der Waals surface area contributed by atoms with Crippen LogP contribution in [-0.2, 0) is 4.79 Å². The number of nitrogens with zero attached hydrogens (tertiary/aromatic N) is 1. The normalized spacial score (nSPS) is 17.4. The lowest BCUT2D eigenvalue weighted by Crippen LogP contribution is -2.41.